The van der Waals surface area contributed by atoms with E-state index in [4.69, 9.17) is 5.11 Å². The average Bonchev–Trinajstić information content (AvgIpc) is 2.40. The van der Waals surface area contributed by atoms with E-state index in [-0.39, 0.29) is 12.4 Å². The van der Waals surface area contributed by atoms with Crippen molar-refractivity contribution in [1.29, 1.82) is 0 Å². The Hall–Kier alpha value is -2.01. The first-order chi connectivity index (χ1) is 8.79. The van der Waals surface area contributed by atoms with Crippen molar-refractivity contribution in [2.45, 2.75) is 6.42 Å². The highest BCUT2D eigenvalue weighted by Gasteiger charge is 2.02. The monoisotopic (exact) mass is 247 g/mol. The minimum Gasteiger partial charge on any atom is -0.396 e. The quantitative estimate of drug-likeness (QED) is 0.794. The number of aliphatic hydroxyl groups is 1. The van der Waals surface area contributed by atoms with Crippen LogP contribution < -0.4 is 5.32 Å². The van der Waals surface area contributed by atoms with Crippen molar-refractivity contribution in [2.75, 3.05) is 18.5 Å². The van der Waals surface area contributed by atoms with E-state index in [0.717, 1.165) is 0 Å². The molecular formula is C13H14FN3O. The second-order valence-electron chi connectivity index (χ2n) is 3.82. The van der Waals surface area contributed by atoms with E-state index in [0.29, 0.717) is 30.0 Å². The summed E-state index contributed by atoms with van der Waals surface area (Å²) in [4.78, 5) is 0. The fraction of sp³-hybridized carbons (Fsp3) is 0.231. The second-order valence-corrected chi connectivity index (χ2v) is 3.82. The molecule has 1 aromatic carbocycles. The Balaban J connectivity index is 2.07. The Morgan fingerprint density at radius 1 is 1.17 bits per heavy atom. The molecule has 0 saturated heterocycles. The SMILES string of the molecule is OCCCNc1ccc(-c2cccc(F)c2)nn1. The van der Waals surface area contributed by atoms with Gasteiger partial charge in [0.25, 0.3) is 0 Å². The van der Waals surface area contributed by atoms with E-state index in [2.05, 4.69) is 15.5 Å². The molecule has 2 aromatic rings. The van der Waals surface area contributed by atoms with Gasteiger partial charge in [-0.3, -0.25) is 0 Å². The molecule has 0 unspecified atom stereocenters. The van der Waals surface area contributed by atoms with Crippen LogP contribution in [0.5, 0.6) is 0 Å². The lowest BCUT2D eigenvalue weighted by atomic mass is 10.1. The van der Waals surface area contributed by atoms with Gasteiger partial charge >= 0.3 is 0 Å². The molecular weight excluding hydrogens is 233 g/mol. The standard InChI is InChI=1S/C13H14FN3O/c14-11-4-1-3-10(9-11)12-5-6-13(17-16-12)15-7-2-8-18/h1,3-6,9,18H,2,7-8H2,(H,15,17). The van der Waals surface area contributed by atoms with Crippen LogP contribution in [-0.2, 0) is 0 Å². The largest absolute Gasteiger partial charge is 0.396 e. The summed E-state index contributed by atoms with van der Waals surface area (Å²) in [5, 5.41) is 19.7. The van der Waals surface area contributed by atoms with Crippen molar-refractivity contribution in [3.63, 3.8) is 0 Å². The molecule has 0 aliphatic rings. The maximum absolute atomic E-state index is 13.1. The molecule has 1 aromatic heterocycles. The normalized spacial score (nSPS) is 10.3. The number of nitrogens with zero attached hydrogens (tertiary/aromatic N) is 2. The van der Waals surface area contributed by atoms with E-state index in [9.17, 15) is 4.39 Å². The van der Waals surface area contributed by atoms with Crippen LogP contribution in [0.25, 0.3) is 11.3 Å². The van der Waals surface area contributed by atoms with Crippen LogP contribution in [0.3, 0.4) is 0 Å². The number of rotatable bonds is 5. The summed E-state index contributed by atoms with van der Waals surface area (Å²) in [5.74, 6) is 0.350. The number of anilines is 1. The lowest BCUT2D eigenvalue weighted by molar-refractivity contribution is 0.292. The summed E-state index contributed by atoms with van der Waals surface area (Å²) in [6.45, 7) is 0.784. The summed E-state index contributed by atoms with van der Waals surface area (Å²) < 4.78 is 13.1. The van der Waals surface area contributed by atoms with Gasteiger partial charge in [0.2, 0.25) is 0 Å². The Labute approximate surface area is 105 Å². The highest BCUT2D eigenvalue weighted by atomic mass is 19.1. The van der Waals surface area contributed by atoms with E-state index >= 15 is 0 Å². The van der Waals surface area contributed by atoms with Gasteiger partial charge in [0, 0.05) is 18.7 Å². The molecule has 0 atom stereocenters. The molecule has 0 radical (unpaired) electrons. The summed E-state index contributed by atoms with van der Waals surface area (Å²) in [7, 11) is 0. The molecule has 5 heteroatoms. The van der Waals surface area contributed by atoms with Crippen LogP contribution >= 0.6 is 0 Å². The van der Waals surface area contributed by atoms with Crippen molar-refractivity contribution < 1.29 is 9.50 Å². The second kappa shape index (κ2) is 6.07. The van der Waals surface area contributed by atoms with Crippen molar-refractivity contribution in [3.05, 3.63) is 42.2 Å². The van der Waals surface area contributed by atoms with E-state index in [1.165, 1.54) is 12.1 Å². The van der Waals surface area contributed by atoms with Crippen LogP contribution in [0.4, 0.5) is 10.2 Å². The van der Waals surface area contributed by atoms with Crippen LogP contribution in [0.1, 0.15) is 6.42 Å². The maximum Gasteiger partial charge on any atom is 0.148 e. The number of aliphatic hydroxyl groups excluding tert-OH is 1. The third kappa shape index (κ3) is 3.24. The summed E-state index contributed by atoms with van der Waals surface area (Å²) >= 11 is 0. The topological polar surface area (TPSA) is 58.0 Å². The molecule has 94 valence electrons. The van der Waals surface area contributed by atoms with Crippen molar-refractivity contribution >= 4 is 5.82 Å². The third-order valence-electron chi connectivity index (χ3n) is 2.43. The van der Waals surface area contributed by atoms with Gasteiger partial charge in [0.1, 0.15) is 11.6 Å². The Bertz CT molecular complexity index is 502. The highest BCUT2D eigenvalue weighted by Crippen LogP contribution is 2.17. The van der Waals surface area contributed by atoms with Crippen LogP contribution in [0, 0.1) is 5.82 Å². The van der Waals surface area contributed by atoms with Crippen LogP contribution in [0.2, 0.25) is 0 Å². The minimum absolute atomic E-state index is 0.141. The van der Waals surface area contributed by atoms with Crippen LogP contribution in [0.15, 0.2) is 36.4 Å². The third-order valence-corrected chi connectivity index (χ3v) is 2.43. The first kappa shape index (κ1) is 12.4. The fourth-order valence-corrected chi connectivity index (χ4v) is 1.52. The van der Waals surface area contributed by atoms with E-state index < -0.39 is 0 Å². The molecule has 0 saturated carbocycles. The van der Waals surface area contributed by atoms with Gasteiger partial charge < -0.3 is 10.4 Å². The number of hydrogen-bond donors (Lipinski definition) is 2. The van der Waals surface area contributed by atoms with Crippen LogP contribution in [-0.4, -0.2) is 28.5 Å². The number of nitrogens with one attached hydrogen (secondary N) is 1. The average molecular weight is 247 g/mol. The summed E-state index contributed by atoms with van der Waals surface area (Å²) in [6.07, 6.45) is 0.660. The van der Waals surface area contributed by atoms with Gasteiger partial charge in [-0.15, -0.1) is 10.2 Å². The van der Waals surface area contributed by atoms with Gasteiger partial charge in [-0.05, 0) is 30.7 Å². The molecule has 0 aliphatic carbocycles. The molecule has 4 nitrogen and oxygen atoms in total. The summed E-state index contributed by atoms with van der Waals surface area (Å²) in [5.41, 5.74) is 1.33. The molecule has 0 aliphatic heterocycles. The number of benzene rings is 1. The number of hydrogen-bond acceptors (Lipinski definition) is 4. The Morgan fingerprint density at radius 3 is 2.72 bits per heavy atom. The molecule has 2 rings (SSSR count). The first-order valence-electron chi connectivity index (χ1n) is 5.74. The zero-order chi connectivity index (χ0) is 12.8. The lowest BCUT2D eigenvalue weighted by Gasteiger charge is -2.04. The Morgan fingerprint density at radius 2 is 2.06 bits per heavy atom. The lowest BCUT2D eigenvalue weighted by Crippen LogP contribution is -2.05. The maximum atomic E-state index is 13.1. The Kier molecular flexibility index (Phi) is 4.20. The molecule has 0 spiro atoms. The van der Waals surface area contributed by atoms with Crippen molar-refractivity contribution in [1.82, 2.24) is 10.2 Å². The van der Waals surface area contributed by atoms with Gasteiger partial charge in [-0.25, -0.2) is 4.39 Å². The molecule has 2 N–H and O–H groups in total. The van der Waals surface area contributed by atoms with Gasteiger partial charge in [-0.1, -0.05) is 12.1 Å². The predicted molar refractivity (Wildman–Crippen MR) is 67.6 cm³/mol. The van der Waals surface area contributed by atoms with E-state index in [1.807, 2.05) is 0 Å². The zero-order valence-electron chi connectivity index (χ0n) is 9.81. The summed E-state index contributed by atoms with van der Waals surface area (Å²) in [6, 6.07) is 9.80. The number of aromatic nitrogens is 2. The van der Waals surface area contributed by atoms with Crippen molar-refractivity contribution in [2.24, 2.45) is 0 Å². The van der Waals surface area contributed by atoms with Crippen molar-refractivity contribution in [3.8, 4) is 11.3 Å². The fourth-order valence-electron chi connectivity index (χ4n) is 1.52. The number of halogens is 1. The van der Waals surface area contributed by atoms with Gasteiger partial charge in [0.05, 0.1) is 5.69 Å². The molecule has 0 bridgehead atoms. The molecule has 0 amide bonds. The van der Waals surface area contributed by atoms with Gasteiger partial charge in [0.15, 0.2) is 0 Å². The minimum atomic E-state index is -0.292. The molecule has 0 fully saturated rings. The molecule has 1 heterocycles. The first-order valence-corrected chi connectivity index (χ1v) is 5.74. The zero-order valence-corrected chi connectivity index (χ0v) is 9.81. The molecule has 18 heavy (non-hydrogen) atoms. The van der Waals surface area contributed by atoms with E-state index in [1.54, 1.807) is 24.3 Å². The van der Waals surface area contributed by atoms with Gasteiger partial charge in [-0.2, -0.15) is 0 Å². The highest BCUT2D eigenvalue weighted by molar-refractivity contribution is 5.59. The smallest absolute Gasteiger partial charge is 0.148 e. The predicted octanol–water partition coefficient (Wildman–Crippen LogP) is 2.08.